The van der Waals surface area contributed by atoms with Crippen LogP contribution in [0.3, 0.4) is 0 Å². The zero-order valence-electron chi connectivity index (χ0n) is 12.0. The molecule has 0 atom stereocenters. The van der Waals surface area contributed by atoms with Crippen molar-refractivity contribution < 1.29 is 0 Å². The highest BCUT2D eigenvalue weighted by atomic mass is 15.1. The third-order valence-electron chi connectivity index (χ3n) is 3.91. The molecular weight excluding hydrogens is 272 g/mol. The summed E-state index contributed by atoms with van der Waals surface area (Å²) >= 11 is 0. The van der Waals surface area contributed by atoms with Crippen LogP contribution in [0.5, 0.6) is 0 Å². The molecule has 2 heterocycles. The molecule has 2 aromatic carbocycles. The Kier molecular flexibility index (Phi) is 2.67. The lowest BCUT2D eigenvalue weighted by Crippen LogP contribution is -1.94. The van der Waals surface area contributed by atoms with Crippen molar-refractivity contribution in [1.29, 1.82) is 5.26 Å². The standard InChI is InChI=1S/C18H12N4/c1-11-6-7-16-14(10-20-22-16)17(11)18-13(9-19)8-12-4-2-3-5-15(12)21-18/h2-8,10H,1H3,(H,20,22). The Balaban J connectivity index is 2.14. The zero-order valence-corrected chi connectivity index (χ0v) is 12.0. The fraction of sp³-hybridized carbons (Fsp3) is 0.0556. The smallest absolute Gasteiger partial charge is 0.101 e. The number of hydrogen-bond donors (Lipinski definition) is 1. The summed E-state index contributed by atoms with van der Waals surface area (Å²) in [6, 6.07) is 16.0. The second-order valence-electron chi connectivity index (χ2n) is 5.28. The Morgan fingerprint density at radius 3 is 2.86 bits per heavy atom. The quantitative estimate of drug-likeness (QED) is 0.575. The van der Waals surface area contributed by atoms with Crippen molar-refractivity contribution in [3.05, 3.63) is 59.8 Å². The molecule has 1 N–H and O–H groups in total. The van der Waals surface area contributed by atoms with Crippen molar-refractivity contribution in [2.24, 2.45) is 0 Å². The summed E-state index contributed by atoms with van der Waals surface area (Å²) < 4.78 is 0. The minimum absolute atomic E-state index is 0.579. The van der Waals surface area contributed by atoms with Crippen LogP contribution in [0.4, 0.5) is 0 Å². The van der Waals surface area contributed by atoms with E-state index in [2.05, 4.69) is 16.3 Å². The lowest BCUT2D eigenvalue weighted by molar-refractivity contribution is 1.12. The molecule has 104 valence electrons. The predicted octanol–water partition coefficient (Wildman–Crippen LogP) is 3.96. The molecule has 0 unspecified atom stereocenters. The maximum atomic E-state index is 9.54. The van der Waals surface area contributed by atoms with Gasteiger partial charge in [-0.05, 0) is 30.7 Å². The average Bonchev–Trinajstić information content (AvgIpc) is 3.02. The van der Waals surface area contributed by atoms with E-state index in [1.165, 1.54) is 0 Å². The van der Waals surface area contributed by atoms with Gasteiger partial charge in [-0.1, -0.05) is 24.3 Å². The van der Waals surface area contributed by atoms with Crippen LogP contribution in [0.15, 0.2) is 48.7 Å². The van der Waals surface area contributed by atoms with Crippen molar-refractivity contribution in [1.82, 2.24) is 15.2 Å². The van der Waals surface area contributed by atoms with Crippen LogP contribution in [0.1, 0.15) is 11.1 Å². The lowest BCUT2D eigenvalue weighted by atomic mass is 9.97. The third-order valence-corrected chi connectivity index (χ3v) is 3.91. The van der Waals surface area contributed by atoms with Crippen LogP contribution in [0, 0.1) is 18.3 Å². The van der Waals surface area contributed by atoms with Gasteiger partial charge in [-0.3, -0.25) is 5.10 Å². The van der Waals surface area contributed by atoms with Crippen LogP contribution in [-0.2, 0) is 0 Å². The van der Waals surface area contributed by atoms with Gasteiger partial charge in [-0.15, -0.1) is 0 Å². The number of fused-ring (bicyclic) bond motifs is 2. The second kappa shape index (κ2) is 4.68. The molecule has 0 aliphatic carbocycles. The van der Waals surface area contributed by atoms with Crippen molar-refractivity contribution in [2.45, 2.75) is 6.92 Å². The van der Waals surface area contributed by atoms with Crippen molar-refractivity contribution in [2.75, 3.05) is 0 Å². The molecular formula is C18H12N4. The number of aryl methyl sites for hydroxylation is 1. The summed E-state index contributed by atoms with van der Waals surface area (Å²) in [6.45, 7) is 2.03. The van der Waals surface area contributed by atoms with Crippen molar-refractivity contribution in [3.63, 3.8) is 0 Å². The van der Waals surface area contributed by atoms with Gasteiger partial charge in [0.05, 0.1) is 28.5 Å². The summed E-state index contributed by atoms with van der Waals surface area (Å²) in [4.78, 5) is 4.74. The van der Waals surface area contributed by atoms with Crippen molar-refractivity contribution in [3.8, 4) is 17.3 Å². The number of nitrogens with one attached hydrogen (secondary N) is 1. The Morgan fingerprint density at radius 1 is 1.14 bits per heavy atom. The van der Waals surface area contributed by atoms with Gasteiger partial charge in [0.25, 0.3) is 0 Å². The monoisotopic (exact) mass is 284 g/mol. The molecule has 0 saturated carbocycles. The van der Waals surface area contributed by atoms with Crippen LogP contribution in [0.25, 0.3) is 33.1 Å². The van der Waals surface area contributed by atoms with Crippen LogP contribution >= 0.6 is 0 Å². The van der Waals surface area contributed by atoms with E-state index >= 15 is 0 Å². The first-order chi connectivity index (χ1) is 10.8. The van der Waals surface area contributed by atoms with Gasteiger partial charge in [-0.25, -0.2) is 4.98 Å². The van der Waals surface area contributed by atoms with E-state index in [1.54, 1.807) is 6.20 Å². The first kappa shape index (κ1) is 12.5. The topological polar surface area (TPSA) is 65.4 Å². The Labute approximate surface area is 127 Å². The molecule has 0 bridgehead atoms. The second-order valence-corrected chi connectivity index (χ2v) is 5.28. The molecule has 0 radical (unpaired) electrons. The summed E-state index contributed by atoms with van der Waals surface area (Å²) in [5.74, 6) is 0. The highest BCUT2D eigenvalue weighted by Crippen LogP contribution is 2.33. The maximum Gasteiger partial charge on any atom is 0.101 e. The van der Waals surface area contributed by atoms with Crippen LogP contribution in [0.2, 0.25) is 0 Å². The summed E-state index contributed by atoms with van der Waals surface area (Å²) in [5.41, 5.74) is 5.17. The predicted molar refractivity (Wildman–Crippen MR) is 86.3 cm³/mol. The number of hydrogen-bond acceptors (Lipinski definition) is 3. The summed E-state index contributed by atoms with van der Waals surface area (Å²) in [7, 11) is 0. The first-order valence-corrected chi connectivity index (χ1v) is 7.01. The first-order valence-electron chi connectivity index (χ1n) is 7.01. The minimum Gasteiger partial charge on any atom is -0.278 e. The molecule has 22 heavy (non-hydrogen) atoms. The largest absolute Gasteiger partial charge is 0.278 e. The van der Waals surface area contributed by atoms with Gasteiger partial charge in [0, 0.05) is 16.3 Å². The van der Waals surface area contributed by atoms with Gasteiger partial charge < -0.3 is 0 Å². The fourth-order valence-corrected chi connectivity index (χ4v) is 2.83. The Morgan fingerprint density at radius 2 is 2.00 bits per heavy atom. The van der Waals surface area contributed by atoms with Crippen LogP contribution in [-0.4, -0.2) is 15.2 Å². The molecule has 2 aromatic heterocycles. The van der Waals surface area contributed by atoms with E-state index in [4.69, 9.17) is 4.98 Å². The van der Waals surface area contributed by atoms with E-state index in [0.717, 1.165) is 32.9 Å². The highest BCUT2D eigenvalue weighted by Gasteiger charge is 2.15. The highest BCUT2D eigenvalue weighted by molar-refractivity contribution is 5.98. The lowest BCUT2D eigenvalue weighted by Gasteiger charge is -2.10. The zero-order chi connectivity index (χ0) is 15.1. The van der Waals surface area contributed by atoms with Crippen molar-refractivity contribution >= 4 is 21.8 Å². The van der Waals surface area contributed by atoms with Gasteiger partial charge in [0.1, 0.15) is 6.07 Å². The molecule has 0 spiro atoms. The van der Waals surface area contributed by atoms with E-state index in [0.29, 0.717) is 11.3 Å². The number of para-hydroxylation sites is 1. The Bertz CT molecular complexity index is 1050. The van der Waals surface area contributed by atoms with Gasteiger partial charge in [-0.2, -0.15) is 10.4 Å². The van der Waals surface area contributed by atoms with Gasteiger partial charge >= 0.3 is 0 Å². The number of benzene rings is 2. The molecule has 4 rings (SSSR count). The number of aromatic amines is 1. The molecule has 4 aromatic rings. The number of pyridine rings is 1. The fourth-order valence-electron chi connectivity index (χ4n) is 2.83. The van der Waals surface area contributed by atoms with E-state index in [1.807, 2.05) is 49.4 Å². The molecule has 0 aliphatic rings. The van der Waals surface area contributed by atoms with E-state index in [-0.39, 0.29) is 0 Å². The summed E-state index contributed by atoms with van der Waals surface area (Å²) in [6.07, 6.45) is 1.79. The molecule has 4 nitrogen and oxygen atoms in total. The number of nitrogens with zero attached hydrogens (tertiary/aromatic N) is 3. The number of aromatic nitrogens is 3. The van der Waals surface area contributed by atoms with Crippen LogP contribution < -0.4 is 0 Å². The van der Waals surface area contributed by atoms with E-state index in [9.17, 15) is 5.26 Å². The SMILES string of the molecule is Cc1ccc2[nH]ncc2c1-c1nc2ccccc2cc1C#N. The minimum atomic E-state index is 0.579. The third kappa shape index (κ3) is 1.76. The maximum absolute atomic E-state index is 9.54. The average molecular weight is 284 g/mol. The molecule has 0 fully saturated rings. The molecule has 0 saturated heterocycles. The normalized spacial score (nSPS) is 10.9. The Hall–Kier alpha value is -3.19. The number of H-pyrrole nitrogens is 1. The number of nitriles is 1. The van der Waals surface area contributed by atoms with E-state index < -0.39 is 0 Å². The van der Waals surface area contributed by atoms with Gasteiger partial charge in [0.15, 0.2) is 0 Å². The molecule has 4 heteroatoms. The number of rotatable bonds is 1. The molecule has 0 amide bonds. The van der Waals surface area contributed by atoms with Gasteiger partial charge in [0.2, 0.25) is 0 Å². The molecule has 0 aliphatic heterocycles. The summed E-state index contributed by atoms with van der Waals surface area (Å²) in [5, 5.41) is 18.6.